The highest BCUT2D eigenvalue weighted by Crippen LogP contribution is 2.53. The Morgan fingerprint density at radius 3 is 2.39 bits per heavy atom. The van der Waals surface area contributed by atoms with E-state index >= 15 is 0 Å². The van der Waals surface area contributed by atoms with E-state index in [-0.39, 0.29) is 37.8 Å². The number of hydrogen-bond acceptors (Lipinski definition) is 12. The van der Waals surface area contributed by atoms with Crippen molar-refractivity contribution in [2.24, 2.45) is 5.41 Å². The molecule has 1 unspecified atom stereocenters. The standard InChI is InChI=1S/C22H34N3O11PS/c1-14(21(31)34-5)25-37(32)35-13-22(2,3)19(36-37)20(30)24-9-8-16(27)23-10-11-38-18(29)12-15(26)6-7-17(28)33-4/h6-7,14,19H,8-13H2,1-5H3,(H,23,27)(H,24,30)(H,25,32)/b7-6+/t14-,19-,37?/m0/s1. The Bertz CT molecular complexity index is 986. The molecule has 0 spiro atoms. The predicted molar refractivity (Wildman–Crippen MR) is 136 cm³/mol. The first-order chi connectivity index (χ1) is 17.7. The summed E-state index contributed by atoms with van der Waals surface area (Å²) in [4.78, 5) is 70.7. The molecule has 38 heavy (non-hydrogen) atoms. The van der Waals surface area contributed by atoms with Crippen LogP contribution in [-0.4, -0.2) is 86.5 Å². The second-order valence-corrected chi connectivity index (χ2v) is 11.6. The Balaban J connectivity index is 2.40. The minimum atomic E-state index is -3.99. The molecule has 0 saturated carbocycles. The van der Waals surface area contributed by atoms with Crippen molar-refractivity contribution in [2.45, 2.75) is 45.8 Å². The average Bonchev–Trinajstić information content (AvgIpc) is 2.86. The van der Waals surface area contributed by atoms with Crippen molar-refractivity contribution < 1.29 is 51.9 Å². The second-order valence-electron chi connectivity index (χ2n) is 8.73. The van der Waals surface area contributed by atoms with E-state index < -0.39 is 60.5 Å². The van der Waals surface area contributed by atoms with Crippen molar-refractivity contribution in [3.05, 3.63) is 12.2 Å². The van der Waals surface area contributed by atoms with Gasteiger partial charge >= 0.3 is 19.7 Å². The van der Waals surface area contributed by atoms with Gasteiger partial charge in [0.2, 0.25) is 11.8 Å². The molecule has 0 aromatic heterocycles. The summed E-state index contributed by atoms with van der Waals surface area (Å²) >= 11 is 0.857. The monoisotopic (exact) mass is 579 g/mol. The average molecular weight is 580 g/mol. The second kappa shape index (κ2) is 15.7. The molecule has 1 heterocycles. The Kier molecular flexibility index (Phi) is 13.9. The lowest BCUT2D eigenvalue weighted by Gasteiger charge is -2.40. The van der Waals surface area contributed by atoms with Gasteiger partial charge in [0.05, 0.1) is 27.2 Å². The molecule has 16 heteroatoms. The fourth-order valence-corrected chi connectivity index (χ4v) is 5.51. The van der Waals surface area contributed by atoms with Crippen LogP contribution in [0.3, 0.4) is 0 Å². The number of carbonyl (C=O) groups excluding carboxylic acids is 6. The van der Waals surface area contributed by atoms with E-state index in [1.54, 1.807) is 13.8 Å². The van der Waals surface area contributed by atoms with Gasteiger partial charge in [-0.25, -0.2) is 14.4 Å². The third-order valence-electron chi connectivity index (χ3n) is 4.97. The Morgan fingerprint density at radius 2 is 1.76 bits per heavy atom. The van der Waals surface area contributed by atoms with Gasteiger partial charge in [-0.05, 0) is 13.0 Å². The molecule has 1 fully saturated rings. The van der Waals surface area contributed by atoms with Crippen LogP contribution in [0, 0.1) is 5.41 Å². The molecule has 1 saturated heterocycles. The molecule has 0 aromatic carbocycles. The maximum Gasteiger partial charge on any atom is 0.407 e. The minimum Gasteiger partial charge on any atom is -0.468 e. The quantitative estimate of drug-likeness (QED) is 0.0835. The summed E-state index contributed by atoms with van der Waals surface area (Å²) in [6.07, 6.45) is 0.239. The van der Waals surface area contributed by atoms with Gasteiger partial charge in [0.25, 0.3) is 0 Å². The van der Waals surface area contributed by atoms with Crippen LogP contribution < -0.4 is 15.7 Å². The maximum absolute atomic E-state index is 12.9. The van der Waals surface area contributed by atoms with Crippen LogP contribution in [0.5, 0.6) is 0 Å². The highest BCUT2D eigenvalue weighted by Gasteiger charge is 2.48. The molecule has 0 aliphatic carbocycles. The van der Waals surface area contributed by atoms with Crippen molar-refractivity contribution >= 4 is 54.2 Å². The Hall–Kier alpha value is -2.58. The molecule has 14 nitrogen and oxygen atoms in total. The number of thioether (sulfide) groups is 1. The maximum atomic E-state index is 12.9. The first-order valence-electron chi connectivity index (χ1n) is 11.5. The molecular weight excluding hydrogens is 545 g/mol. The van der Waals surface area contributed by atoms with Gasteiger partial charge in [0.1, 0.15) is 6.04 Å². The number of carbonyl (C=O) groups is 6. The molecule has 3 N–H and O–H groups in total. The lowest BCUT2D eigenvalue weighted by Crippen LogP contribution is -2.51. The molecule has 0 aromatic rings. The van der Waals surface area contributed by atoms with Crippen LogP contribution in [0.15, 0.2) is 12.2 Å². The molecule has 214 valence electrons. The zero-order valence-electron chi connectivity index (χ0n) is 21.9. The number of ether oxygens (including phenoxy) is 2. The van der Waals surface area contributed by atoms with E-state index in [0.29, 0.717) is 0 Å². The molecular formula is C22H34N3O11PS. The van der Waals surface area contributed by atoms with Crippen molar-refractivity contribution in [3.8, 4) is 0 Å². The van der Waals surface area contributed by atoms with Gasteiger partial charge in [0.15, 0.2) is 17.0 Å². The van der Waals surface area contributed by atoms with E-state index in [2.05, 4.69) is 25.2 Å². The van der Waals surface area contributed by atoms with Gasteiger partial charge in [-0.15, -0.1) is 0 Å². The number of esters is 2. The lowest BCUT2D eigenvalue weighted by molar-refractivity contribution is -0.143. The first kappa shape index (κ1) is 33.4. The fraction of sp³-hybridized carbons (Fsp3) is 0.636. The van der Waals surface area contributed by atoms with Crippen LogP contribution in [-0.2, 0) is 51.9 Å². The third kappa shape index (κ3) is 11.9. The van der Waals surface area contributed by atoms with Crippen molar-refractivity contribution in [1.29, 1.82) is 0 Å². The summed E-state index contributed by atoms with van der Waals surface area (Å²) in [6, 6.07) is -1.00. The topological polar surface area (TPSA) is 192 Å². The Labute approximate surface area is 224 Å². The molecule has 1 aliphatic rings. The molecule has 3 atom stereocenters. The van der Waals surface area contributed by atoms with Gasteiger partial charge in [-0.1, -0.05) is 25.6 Å². The summed E-state index contributed by atoms with van der Waals surface area (Å²) in [5.74, 6) is -2.71. The van der Waals surface area contributed by atoms with Gasteiger partial charge < -0.3 is 20.1 Å². The van der Waals surface area contributed by atoms with E-state index in [4.69, 9.17) is 9.05 Å². The zero-order valence-corrected chi connectivity index (χ0v) is 23.6. The number of allylic oxidation sites excluding steroid dienone is 1. The Morgan fingerprint density at radius 1 is 1.08 bits per heavy atom. The third-order valence-corrected chi connectivity index (χ3v) is 7.50. The van der Waals surface area contributed by atoms with Crippen LogP contribution in [0.4, 0.5) is 0 Å². The van der Waals surface area contributed by atoms with Crippen molar-refractivity contribution in [1.82, 2.24) is 15.7 Å². The van der Waals surface area contributed by atoms with E-state index in [1.165, 1.54) is 14.0 Å². The van der Waals surface area contributed by atoms with Gasteiger partial charge in [-0.2, -0.15) is 0 Å². The van der Waals surface area contributed by atoms with Gasteiger partial charge in [-0.3, -0.25) is 33.0 Å². The SMILES string of the molecule is COC(=O)/C=C/C(=O)CC(=O)SCCNC(=O)CCNC(=O)[C@@H]1OP(=O)(N[C@@H](C)C(=O)OC)OCC1(C)C. The number of hydrogen-bond donors (Lipinski definition) is 3. The minimum absolute atomic E-state index is 0.0368. The van der Waals surface area contributed by atoms with E-state index in [1.807, 2.05) is 0 Å². The number of rotatable bonds is 14. The highest BCUT2D eigenvalue weighted by atomic mass is 32.2. The summed E-state index contributed by atoms with van der Waals surface area (Å²) in [6.45, 7) is 4.79. The fourth-order valence-electron chi connectivity index (χ4n) is 2.89. The molecule has 0 bridgehead atoms. The van der Waals surface area contributed by atoms with E-state index in [0.717, 1.165) is 31.0 Å². The lowest BCUT2D eigenvalue weighted by atomic mass is 9.87. The molecule has 1 rings (SSSR count). The van der Waals surface area contributed by atoms with E-state index in [9.17, 15) is 33.3 Å². The summed E-state index contributed by atoms with van der Waals surface area (Å²) in [5, 5.41) is 7.16. The zero-order chi connectivity index (χ0) is 28.9. The number of amides is 2. The van der Waals surface area contributed by atoms with Gasteiger partial charge in [0, 0.05) is 36.8 Å². The number of ketones is 1. The summed E-state index contributed by atoms with van der Waals surface area (Å²) in [7, 11) is -1.66. The molecule has 1 aliphatic heterocycles. The number of nitrogens with one attached hydrogen (secondary N) is 3. The summed E-state index contributed by atoms with van der Waals surface area (Å²) in [5.41, 5.74) is -0.851. The predicted octanol–water partition coefficient (Wildman–Crippen LogP) is 0.258. The normalized spacial score (nSPS) is 21.2. The highest BCUT2D eigenvalue weighted by molar-refractivity contribution is 8.13. The first-order valence-corrected chi connectivity index (χ1v) is 14.0. The van der Waals surface area contributed by atoms with Crippen LogP contribution in [0.25, 0.3) is 0 Å². The van der Waals surface area contributed by atoms with Crippen LogP contribution in [0.1, 0.15) is 33.6 Å². The van der Waals surface area contributed by atoms with Crippen molar-refractivity contribution in [2.75, 3.05) is 39.7 Å². The van der Waals surface area contributed by atoms with Crippen molar-refractivity contribution in [3.63, 3.8) is 0 Å². The summed E-state index contributed by atoms with van der Waals surface area (Å²) < 4.78 is 32.6. The smallest absolute Gasteiger partial charge is 0.407 e. The van der Waals surface area contributed by atoms with Crippen LogP contribution in [0.2, 0.25) is 0 Å². The molecule has 2 amide bonds. The number of methoxy groups -OCH3 is 2. The molecule has 0 radical (unpaired) electrons. The van der Waals surface area contributed by atoms with Crippen LogP contribution >= 0.6 is 19.5 Å². The largest absolute Gasteiger partial charge is 0.468 e.